The van der Waals surface area contributed by atoms with E-state index in [1.165, 1.54) is 19.3 Å². The van der Waals surface area contributed by atoms with Crippen molar-refractivity contribution in [3.63, 3.8) is 0 Å². The third kappa shape index (κ3) is 12.9. The normalized spacial score (nSPS) is 12.7. The first-order valence-corrected chi connectivity index (χ1v) is 14.1. The molecule has 0 aliphatic carbocycles. The molecule has 0 amide bonds. The Morgan fingerprint density at radius 1 is 1.05 bits per heavy atom. The largest absolute Gasteiger partial charge is 0.399 e. The van der Waals surface area contributed by atoms with Gasteiger partial charge in [-0.15, -0.1) is 0 Å². The number of allylic oxidation sites excluding steroid dienone is 2. The molecule has 1 atom stereocenters. The molecular formula is C32H42ClF6N3O. The van der Waals surface area contributed by atoms with E-state index in [-0.39, 0.29) is 10.6 Å². The maximum atomic E-state index is 15.1. The topological polar surface area (TPSA) is 79.3 Å². The van der Waals surface area contributed by atoms with Crippen molar-refractivity contribution in [2.24, 2.45) is 10.7 Å². The minimum Gasteiger partial charge on any atom is -0.333 e. The molecule has 0 aliphatic rings. The number of hydrogen-bond donors (Lipinski definition) is 2. The Morgan fingerprint density at radius 3 is 2.05 bits per heavy atom. The molecular weight excluding hydrogens is 592 g/mol. The molecule has 43 heavy (non-hydrogen) atoms. The van der Waals surface area contributed by atoms with Crippen LogP contribution >= 0.6 is 11.6 Å². The second-order valence-electron chi connectivity index (χ2n) is 8.47. The lowest BCUT2D eigenvalue weighted by atomic mass is 9.92. The highest BCUT2D eigenvalue weighted by molar-refractivity contribution is 6.36. The maximum Gasteiger partial charge on any atom is 0.399 e. The smallest absolute Gasteiger partial charge is 0.333 e. The Bertz CT molecular complexity index is 1260. The third-order valence-corrected chi connectivity index (χ3v) is 6.10. The number of benzene rings is 2. The summed E-state index contributed by atoms with van der Waals surface area (Å²) >= 11 is 6.03. The number of rotatable bonds is 9. The van der Waals surface area contributed by atoms with E-state index in [0.717, 1.165) is 30.6 Å². The van der Waals surface area contributed by atoms with Crippen LogP contribution in [0, 0.1) is 19.3 Å². The number of nitrogens with zero attached hydrogens (tertiary/aromatic N) is 1. The van der Waals surface area contributed by atoms with E-state index in [1.54, 1.807) is 20.8 Å². The van der Waals surface area contributed by atoms with Crippen LogP contribution in [0.5, 0.6) is 0 Å². The van der Waals surface area contributed by atoms with Crippen LogP contribution in [0.2, 0.25) is 5.02 Å². The molecule has 0 heterocycles. The van der Waals surface area contributed by atoms with Gasteiger partial charge in [0.1, 0.15) is 11.7 Å². The van der Waals surface area contributed by atoms with E-state index in [1.807, 2.05) is 27.7 Å². The average molecular weight is 634 g/mol. The number of carbonyl (C=O) groups excluding carboxylic acids is 1. The van der Waals surface area contributed by atoms with Gasteiger partial charge in [0.2, 0.25) is 5.78 Å². The van der Waals surface area contributed by atoms with E-state index in [0.29, 0.717) is 42.2 Å². The fourth-order valence-corrected chi connectivity index (χ4v) is 3.69. The Balaban J connectivity index is 0. The lowest BCUT2D eigenvalue weighted by Crippen LogP contribution is -2.19. The molecule has 240 valence electrons. The van der Waals surface area contributed by atoms with Gasteiger partial charge in [-0.05, 0) is 73.9 Å². The molecule has 2 aromatic carbocycles. The molecule has 11 heteroatoms. The van der Waals surface area contributed by atoms with Crippen molar-refractivity contribution in [1.29, 1.82) is 5.41 Å². The molecule has 0 saturated heterocycles. The van der Waals surface area contributed by atoms with Crippen molar-refractivity contribution in [3.05, 3.63) is 86.6 Å². The summed E-state index contributed by atoms with van der Waals surface area (Å²) in [5, 5.41) is 7.27. The van der Waals surface area contributed by atoms with Crippen molar-refractivity contribution >= 4 is 35.6 Å². The minimum absolute atomic E-state index is 0.0806. The molecule has 0 radical (unpaired) electrons. The van der Waals surface area contributed by atoms with Gasteiger partial charge in [-0.25, -0.2) is 13.2 Å². The number of nitrogens with one attached hydrogen (secondary N) is 1. The summed E-state index contributed by atoms with van der Waals surface area (Å²) in [6.07, 6.45) is -1.11. The summed E-state index contributed by atoms with van der Waals surface area (Å²) in [5.74, 6) is -8.31. The van der Waals surface area contributed by atoms with Crippen LogP contribution in [0.3, 0.4) is 0 Å². The molecule has 2 aromatic rings. The predicted octanol–water partition coefficient (Wildman–Crippen LogP) is 10.5. The highest BCUT2D eigenvalue weighted by atomic mass is 35.5. The van der Waals surface area contributed by atoms with Gasteiger partial charge in [-0.1, -0.05) is 58.4 Å². The number of aryl methyl sites for hydroxylation is 1. The van der Waals surface area contributed by atoms with Crippen molar-refractivity contribution in [1.82, 2.24) is 0 Å². The van der Waals surface area contributed by atoms with Gasteiger partial charge < -0.3 is 11.1 Å². The SMILES string of the molecule is CC.CC.CC/C(C=N)=C/N=CC(=O)c1ccc(/C(F)=C/C(c2cc(C)c(C)c(Cl)c2)C(F)(F)F)cc1C(C)(F)F.CN. The first kappa shape index (κ1) is 41.9. The standard InChI is InChI=1S/C27H25ClF6N2O.2C2H6.CH5N/c1-5-17(12-35)13-36-14-25(37)20-7-6-18(9-22(20)26(4,30)31)24(29)11-21(27(32,33)34)19-8-15(2)16(3)23(28)10-19;3*1-2/h6-14,21,35H,5H2,1-4H3;2*1-2H3;2H2,1H3/b17-13-,24-11-,35-12?,36-14?;;;. The molecule has 0 fully saturated rings. The number of nitrogens with two attached hydrogens (primary N) is 1. The van der Waals surface area contributed by atoms with Gasteiger partial charge in [0.15, 0.2) is 0 Å². The summed E-state index contributed by atoms with van der Waals surface area (Å²) in [4.78, 5) is 16.2. The molecule has 3 N–H and O–H groups in total. The van der Waals surface area contributed by atoms with Gasteiger partial charge in [-0.2, -0.15) is 13.2 Å². The number of carbonyl (C=O) groups is 1. The monoisotopic (exact) mass is 633 g/mol. The Labute approximate surface area is 256 Å². The van der Waals surface area contributed by atoms with Crippen molar-refractivity contribution in [2.75, 3.05) is 7.05 Å². The van der Waals surface area contributed by atoms with E-state index in [4.69, 9.17) is 17.0 Å². The number of hydrogen-bond acceptors (Lipinski definition) is 4. The zero-order valence-electron chi connectivity index (χ0n) is 26.1. The number of alkyl halides is 5. The summed E-state index contributed by atoms with van der Waals surface area (Å²) in [6.45, 7) is 13.4. The average Bonchev–Trinajstić information content (AvgIpc) is 2.98. The molecule has 0 bridgehead atoms. The number of halogens is 7. The van der Waals surface area contributed by atoms with Gasteiger partial charge >= 0.3 is 6.18 Å². The molecule has 0 aliphatic heterocycles. The summed E-state index contributed by atoms with van der Waals surface area (Å²) in [7, 11) is 1.50. The van der Waals surface area contributed by atoms with Crippen LogP contribution in [-0.2, 0) is 5.92 Å². The molecule has 0 spiro atoms. The summed E-state index contributed by atoms with van der Waals surface area (Å²) < 4.78 is 85.4. The Morgan fingerprint density at radius 2 is 1.60 bits per heavy atom. The van der Waals surface area contributed by atoms with Crippen molar-refractivity contribution in [2.45, 2.75) is 79.8 Å². The van der Waals surface area contributed by atoms with Crippen LogP contribution in [0.1, 0.15) is 92.1 Å². The van der Waals surface area contributed by atoms with E-state index in [2.05, 4.69) is 10.7 Å². The van der Waals surface area contributed by atoms with E-state index >= 15 is 4.39 Å². The van der Waals surface area contributed by atoms with Crippen LogP contribution in [0.25, 0.3) is 5.83 Å². The molecule has 1 unspecified atom stereocenters. The van der Waals surface area contributed by atoms with Crippen molar-refractivity contribution < 1.29 is 31.1 Å². The zero-order chi connectivity index (χ0) is 34.1. The quantitative estimate of drug-likeness (QED) is 0.164. The van der Waals surface area contributed by atoms with Gasteiger partial charge in [0, 0.05) is 41.1 Å². The van der Waals surface area contributed by atoms with Crippen LogP contribution in [-0.4, -0.2) is 31.4 Å². The highest BCUT2D eigenvalue weighted by Gasteiger charge is 2.40. The third-order valence-electron chi connectivity index (χ3n) is 5.71. The number of aliphatic imine (C=N–C) groups is 1. The number of Topliss-reactive ketones (excluding diaryl/α,β-unsaturated/α-hetero) is 1. The second-order valence-corrected chi connectivity index (χ2v) is 8.88. The fraction of sp³-hybridized carbons (Fsp3) is 0.406. The first-order valence-electron chi connectivity index (χ1n) is 13.7. The predicted molar refractivity (Wildman–Crippen MR) is 168 cm³/mol. The van der Waals surface area contributed by atoms with Crippen LogP contribution < -0.4 is 5.73 Å². The second kappa shape index (κ2) is 19.9. The highest BCUT2D eigenvalue weighted by Crippen LogP contribution is 2.41. The molecule has 0 saturated carbocycles. The van der Waals surface area contributed by atoms with Crippen molar-refractivity contribution in [3.8, 4) is 0 Å². The van der Waals surface area contributed by atoms with Gasteiger partial charge in [-0.3, -0.25) is 9.79 Å². The molecule has 4 nitrogen and oxygen atoms in total. The van der Waals surface area contributed by atoms with Gasteiger partial charge in [0.25, 0.3) is 5.92 Å². The van der Waals surface area contributed by atoms with Gasteiger partial charge in [0.05, 0.1) is 6.21 Å². The van der Waals surface area contributed by atoms with Crippen LogP contribution in [0.4, 0.5) is 26.3 Å². The first-order chi connectivity index (χ1) is 20.1. The Kier molecular flexibility index (Phi) is 19.3. The zero-order valence-corrected chi connectivity index (χ0v) is 26.8. The van der Waals surface area contributed by atoms with E-state index in [9.17, 15) is 26.7 Å². The summed E-state index contributed by atoms with van der Waals surface area (Å²) in [6, 6.07) is 4.86. The molecule has 2 rings (SSSR count). The molecule has 0 aromatic heterocycles. The maximum absolute atomic E-state index is 15.1. The lowest BCUT2D eigenvalue weighted by molar-refractivity contribution is -0.139. The minimum atomic E-state index is -4.90. The fourth-order valence-electron chi connectivity index (χ4n) is 3.42. The Hall–Kier alpha value is -3.24. The number of ketones is 1. The van der Waals surface area contributed by atoms with E-state index < -0.39 is 46.3 Å². The lowest BCUT2D eigenvalue weighted by Gasteiger charge is -2.20. The van der Waals surface area contributed by atoms with Crippen LogP contribution in [0.15, 0.2) is 53.2 Å². The summed E-state index contributed by atoms with van der Waals surface area (Å²) in [5.41, 5.74) is 3.84.